The highest BCUT2D eigenvalue weighted by atomic mass is 16.7. The second-order valence-corrected chi connectivity index (χ2v) is 17.0. The van der Waals surface area contributed by atoms with Crippen molar-refractivity contribution in [3.05, 3.63) is 29.8 Å². The predicted octanol–water partition coefficient (Wildman–Crippen LogP) is 1.98. The summed E-state index contributed by atoms with van der Waals surface area (Å²) in [6.45, 7) is 13.5. The molecule has 0 bridgehead atoms. The van der Waals surface area contributed by atoms with E-state index in [2.05, 4.69) is 26.6 Å². The van der Waals surface area contributed by atoms with Gasteiger partial charge in [-0.05, 0) is 63.6 Å². The molecule has 0 saturated carbocycles. The van der Waals surface area contributed by atoms with Crippen molar-refractivity contribution in [3.8, 4) is 0 Å². The Morgan fingerprint density at radius 2 is 1.35 bits per heavy atom. The minimum Gasteiger partial charge on any atom is -0.463 e. The van der Waals surface area contributed by atoms with E-state index >= 15 is 0 Å². The lowest BCUT2D eigenvalue weighted by molar-refractivity contribution is -0.198. The minimum atomic E-state index is -1.08. The third-order valence-electron chi connectivity index (χ3n) is 9.53. The highest BCUT2D eigenvalue weighted by molar-refractivity contribution is 6.01. The number of benzene rings is 1. The van der Waals surface area contributed by atoms with Crippen LogP contribution in [-0.4, -0.2) is 130 Å². The van der Waals surface area contributed by atoms with E-state index in [4.69, 9.17) is 34.3 Å². The standard InChI is InChI=1S/C43H67N7O15/c1-28(2)35(49-38(56)43(6,7)17-21-60-20-16-34(53)65-50-32(51)14-15-33(50)52)37(55)48-31(9-8-18-45-40(44)58)36(54)47-30-12-10-29(11-13-30)27-64-41(59)46-19-22-61-23-24-62-25-26-63-39(57)42(3,4)5/h10-13,28,31,35H,8-9,14-27H2,1-7H3,(H,46,59)(H,47,54)(H,48,55)(H,49,56)(H3,44,45,58)/t31-,35?/m1/s1. The van der Waals surface area contributed by atoms with Crippen LogP contribution in [0.15, 0.2) is 24.3 Å². The number of alkyl carbamates (subject to hydrolysis) is 1. The van der Waals surface area contributed by atoms with E-state index in [1.54, 1.807) is 72.7 Å². The fourth-order valence-electron chi connectivity index (χ4n) is 5.49. The maximum atomic E-state index is 13.7. The zero-order valence-corrected chi connectivity index (χ0v) is 38.5. The lowest BCUT2D eigenvalue weighted by atomic mass is 9.87. The van der Waals surface area contributed by atoms with Crippen LogP contribution in [0, 0.1) is 16.7 Å². The van der Waals surface area contributed by atoms with Crippen LogP contribution in [0.5, 0.6) is 0 Å². The molecule has 22 nitrogen and oxygen atoms in total. The first-order chi connectivity index (χ1) is 30.6. The second kappa shape index (κ2) is 28.1. The van der Waals surface area contributed by atoms with E-state index in [1.807, 2.05) is 0 Å². The zero-order chi connectivity index (χ0) is 48.6. The predicted molar refractivity (Wildman–Crippen MR) is 232 cm³/mol. The quantitative estimate of drug-likeness (QED) is 0.0380. The Hall–Kier alpha value is -5.87. The van der Waals surface area contributed by atoms with E-state index in [1.165, 1.54) is 0 Å². The first-order valence-electron chi connectivity index (χ1n) is 21.5. The van der Waals surface area contributed by atoms with Gasteiger partial charge in [0.2, 0.25) is 17.7 Å². The molecule has 1 saturated heterocycles. The number of urea groups is 1. The van der Waals surface area contributed by atoms with Crippen LogP contribution in [-0.2, 0) is 68.7 Å². The topological polar surface area (TPSA) is 298 Å². The summed E-state index contributed by atoms with van der Waals surface area (Å²) in [7, 11) is 0. The van der Waals surface area contributed by atoms with Crippen molar-refractivity contribution in [2.24, 2.45) is 22.5 Å². The van der Waals surface area contributed by atoms with Crippen LogP contribution < -0.4 is 32.3 Å². The summed E-state index contributed by atoms with van der Waals surface area (Å²) in [4.78, 5) is 116. The minimum absolute atomic E-state index is 0.0227. The number of amides is 8. The number of carbonyl (C=O) groups excluding carboxylic acids is 9. The molecule has 2 atom stereocenters. The largest absolute Gasteiger partial charge is 0.463 e. The maximum absolute atomic E-state index is 13.7. The molecular formula is C43H67N7O15. The third kappa shape index (κ3) is 22.1. The fourth-order valence-corrected chi connectivity index (χ4v) is 5.49. The number of imide groups is 1. The number of anilines is 1. The maximum Gasteiger partial charge on any atom is 0.407 e. The zero-order valence-electron chi connectivity index (χ0n) is 38.5. The summed E-state index contributed by atoms with van der Waals surface area (Å²) in [5.74, 6) is -4.34. The summed E-state index contributed by atoms with van der Waals surface area (Å²) in [6, 6.07) is 3.61. The van der Waals surface area contributed by atoms with Crippen molar-refractivity contribution in [3.63, 3.8) is 0 Å². The Morgan fingerprint density at radius 1 is 0.738 bits per heavy atom. The molecule has 1 fully saturated rings. The normalized spacial score (nSPS) is 13.7. The van der Waals surface area contributed by atoms with Gasteiger partial charge in [-0.3, -0.25) is 28.8 Å². The Morgan fingerprint density at radius 3 is 1.97 bits per heavy atom. The van der Waals surface area contributed by atoms with Crippen LogP contribution in [0.4, 0.5) is 15.3 Å². The van der Waals surface area contributed by atoms with Gasteiger partial charge in [-0.1, -0.05) is 39.8 Å². The average molecular weight is 922 g/mol. The first kappa shape index (κ1) is 55.3. The van der Waals surface area contributed by atoms with Crippen LogP contribution in [0.3, 0.4) is 0 Å². The molecule has 0 radical (unpaired) electrons. The summed E-state index contributed by atoms with van der Waals surface area (Å²) < 4.78 is 26.6. The van der Waals surface area contributed by atoms with Crippen LogP contribution in [0.2, 0.25) is 0 Å². The highest BCUT2D eigenvalue weighted by Gasteiger charge is 2.35. The Kier molecular flexibility index (Phi) is 23.9. The van der Waals surface area contributed by atoms with Crippen molar-refractivity contribution < 1.29 is 71.7 Å². The van der Waals surface area contributed by atoms with E-state index in [-0.39, 0.29) is 104 Å². The van der Waals surface area contributed by atoms with E-state index < -0.39 is 76.5 Å². The number of nitrogens with zero attached hydrogens (tertiary/aromatic N) is 1. The van der Waals surface area contributed by atoms with Crippen molar-refractivity contribution >= 4 is 59.3 Å². The van der Waals surface area contributed by atoms with Gasteiger partial charge in [0.05, 0.1) is 44.9 Å². The first-order valence-corrected chi connectivity index (χ1v) is 21.5. The monoisotopic (exact) mass is 921 g/mol. The van der Waals surface area contributed by atoms with Crippen LogP contribution >= 0.6 is 0 Å². The molecule has 1 aliphatic heterocycles. The van der Waals surface area contributed by atoms with Crippen molar-refractivity contribution in [1.82, 2.24) is 26.3 Å². The molecule has 8 amide bonds. The Bertz CT molecular complexity index is 1750. The lowest BCUT2D eigenvalue weighted by Gasteiger charge is -2.30. The number of hydrogen-bond acceptors (Lipinski definition) is 15. The Balaban J connectivity index is 1.83. The third-order valence-corrected chi connectivity index (χ3v) is 9.53. The number of nitrogens with one attached hydrogen (secondary N) is 5. The number of esters is 1. The summed E-state index contributed by atoms with van der Waals surface area (Å²) in [5.41, 5.74) is 4.59. The number of rotatable bonds is 29. The highest BCUT2D eigenvalue weighted by Crippen LogP contribution is 2.22. The number of ether oxygens (including phenoxy) is 5. The number of primary amides is 1. The summed E-state index contributed by atoms with van der Waals surface area (Å²) >= 11 is 0. The van der Waals surface area contributed by atoms with Gasteiger partial charge in [0.25, 0.3) is 11.8 Å². The van der Waals surface area contributed by atoms with Crippen molar-refractivity contribution in [2.75, 3.05) is 64.7 Å². The van der Waals surface area contributed by atoms with Gasteiger partial charge in [0.15, 0.2) is 0 Å². The summed E-state index contributed by atoms with van der Waals surface area (Å²) in [5, 5.41) is 13.8. The second-order valence-electron chi connectivity index (χ2n) is 17.0. The number of nitrogens with two attached hydrogens (primary N) is 1. The SMILES string of the molecule is CC(C)C(NC(=O)C(C)(C)CCOCCC(=O)ON1C(=O)CCC1=O)C(=O)N[C@H](CCCNC(N)=O)C(=O)Nc1ccc(COC(=O)NCCOCCOCCOC(=O)C(C)(C)C)cc1. The van der Waals surface area contributed by atoms with Gasteiger partial charge in [-0.2, -0.15) is 0 Å². The number of carbonyl (C=O) groups is 9. The number of hydrogen-bond donors (Lipinski definition) is 6. The molecule has 364 valence electrons. The molecule has 0 aromatic heterocycles. The van der Waals surface area contributed by atoms with E-state index in [0.29, 0.717) is 22.9 Å². The number of hydroxylamine groups is 2. The fraction of sp³-hybridized carbons (Fsp3) is 0.651. The molecule has 1 unspecified atom stereocenters. The molecule has 2 rings (SSSR count). The molecule has 65 heavy (non-hydrogen) atoms. The molecule has 1 aliphatic rings. The molecule has 1 heterocycles. The molecule has 7 N–H and O–H groups in total. The van der Waals surface area contributed by atoms with Crippen LogP contribution in [0.1, 0.15) is 92.6 Å². The van der Waals surface area contributed by atoms with Gasteiger partial charge >= 0.3 is 24.1 Å². The van der Waals surface area contributed by atoms with E-state index in [9.17, 15) is 43.2 Å². The van der Waals surface area contributed by atoms with Crippen LogP contribution in [0.25, 0.3) is 0 Å². The van der Waals surface area contributed by atoms with Gasteiger partial charge in [-0.25, -0.2) is 14.4 Å². The van der Waals surface area contributed by atoms with Gasteiger partial charge < -0.3 is 60.8 Å². The summed E-state index contributed by atoms with van der Waals surface area (Å²) in [6.07, 6.45) is -0.354. The lowest BCUT2D eigenvalue weighted by Crippen LogP contribution is -2.56. The molecule has 0 spiro atoms. The molecule has 0 aliphatic carbocycles. The Labute approximate surface area is 379 Å². The van der Waals surface area contributed by atoms with Gasteiger partial charge in [0, 0.05) is 43.6 Å². The van der Waals surface area contributed by atoms with Crippen molar-refractivity contribution in [2.45, 2.75) is 106 Å². The van der Waals surface area contributed by atoms with Crippen molar-refractivity contribution in [1.29, 1.82) is 0 Å². The van der Waals surface area contributed by atoms with E-state index in [0.717, 1.165) is 0 Å². The molecule has 22 heteroatoms. The molecular weight excluding hydrogens is 855 g/mol. The molecule has 1 aromatic rings. The van der Waals surface area contributed by atoms with Gasteiger partial charge in [-0.15, -0.1) is 5.06 Å². The smallest absolute Gasteiger partial charge is 0.407 e. The van der Waals surface area contributed by atoms with Gasteiger partial charge in [0.1, 0.15) is 25.3 Å². The molecule has 1 aromatic carbocycles. The average Bonchev–Trinajstić information content (AvgIpc) is 3.55.